The Balaban J connectivity index is 2.38. The van der Waals surface area contributed by atoms with Crippen molar-refractivity contribution < 1.29 is 14.7 Å². The molecule has 7 nitrogen and oxygen atoms in total. The van der Waals surface area contributed by atoms with Crippen molar-refractivity contribution in [1.29, 1.82) is 0 Å². The molecule has 1 atom stereocenters. The fraction of sp³-hybridized carbons (Fsp3) is 0.583. The van der Waals surface area contributed by atoms with Crippen LogP contribution in [0.1, 0.15) is 20.3 Å². The van der Waals surface area contributed by atoms with Crippen LogP contribution in [0.3, 0.4) is 0 Å². The van der Waals surface area contributed by atoms with Gasteiger partial charge >= 0.3 is 12.0 Å². The van der Waals surface area contributed by atoms with E-state index in [1.54, 1.807) is 17.8 Å². The number of carbonyl (C=O) groups is 2. The van der Waals surface area contributed by atoms with Gasteiger partial charge in [-0.3, -0.25) is 9.48 Å². The monoisotopic (exact) mass is 268 g/mol. The standard InChI is InChI=1S/C12H20N4O3/c1-3-16(10(2)9-11(17)18)12(19)13-6-8-15-7-4-5-14-15/h4-5,7,10H,3,6,8-9H2,1-2H3,(H,13,19)(H,17,18). The summed E-state index contributed by atoms with van der Waals surface area (Å²) in [6.45, 7) is 5.07. The van der Waals surface area contributed by atoms with Gasteiger partial charge in [0.25, 0.3) is 0 Å². The molecule has 0 fully saturated rings. The molecule has 1 rings (SSSR count). The number of nitrogens with one attached hydrogen (secondary N) is 1. The Labute approximate surface area is 112 Å². The molecule has 2 amide bonds. The minimum absolute atomic E-state index is 0.0551. The third-order valence-corrected chi connectivity index (χ3v) is 2.78. The number of amides is 2. The van der Waals surface area contributed by atoms with E-state index in [4.69, 9.17) is 5.11 Å². The van der Waals surface area contributed by atoms with E-state index in [2.05, 4.69) is 10.4 Å². The largest absolute Gasteiger partial charge is 0.481 e. The predicted molar refractivity (Wildman–Crippen MR) is 69.7 cm³/mol. The fourth-order valence-electron chi connectivity index (χ4n) is 1.83. The van der Waals surface area contributed by atoms with Crippen LogP contribution in [0.5, 0.6) is 0 Å². The molecule has 1 heterocycles. The summed E-state index contributed by atoms with van der Waals surface area (Å²) in [4.78, 5) is 24.1. The lowest BCUT2D eigenvalue weighted by atomic mass is 10.2. The first-order valence-electron chi connectivity index (χ1n) is 6.28. The first kappa shape index (κ1) is 15.0. The third kappa shape index (κ3) is 4.99. The van der Waals surface area contributed by atoms with Crippen molar-refractivity contribution in [1.82, 2.24) is 20.0 Å². The van der Waals surface area contributed by atoms with Gasteiger partial charge in [-0.1, -0.05) is 0 Å². The Morgan fingerprint density at radius 3 is 2.79 bits per heavy atom. The van der Waals surface area contributed by atoms with E-state index in [0.29, 0.717) is 19.6 Å². The number of hydrogen-bond donors (Lipinski definition) is 2. The molecule has 0 saturated carbocycles. The topological polar surface area (TPSA) is 87.5 Å². The molecule has 1 aromatic rings. The Bertz CT molecular complexity index is 405. The molecule has 106 valence electrons. The maximum Gasteiger partial charge on any atom is 0.317 e. The van der Waals surface area contributed by atoms with Crippen molar-refractivity contribution in [3.8, 4) is 0 Å². The van der Waals surface area contributed by atoms with Crippen LogP contribution < -0.4 is 5.32 Å². The molecule has 1 unspecified atom stereocenters. The van der Waals surface area contributed by atoms with Crippen LogP contribution in [0.15, 0.2) is 18.5 Å². The van der Waals surface area contributed by atoms with Crippen LogP contribution in [0.25, 0.3) is 0 Å². The summed E-state index contributed by atoms with van der Waals surface area (Å²) in [5, 5.41) is 15.5. The zero-order chi connectivity index (χ0) is 14.3. The number of aliphatic carboxylic acids is 1. The minimum atomic E-state index is -0.907. The molecule has 0 bridgehead atoms. The predicted octanol–water partition coefficient (Wildman–Crippen LogP) is 0.778. The number of carboxylic acids is 1. The zero-order valence-electron chi connectivity index (χ0n) is 11.2. The molecule has 7 heteroatoms. The van der Waals surface area contributed by atoms with Gasteiger partial charge in [0, 0.05) is 31.5 Å². The van der Waals surface area contributed by atoms with E-state index < -0.39 is 5.97 Å². The number of nitrogens with zero attached hydrogens (tertiary/aromatic N) is 3. The van der Waals surface area contributed by atoms with Crippen LogP contribution >= 0.6 is 0 Å². The molecular formula is C12H20N4O3. The summed E-state index contributed by atoms with van der Waals surface area (Å²) < 4.78 is 1.72. The Kier molecular flexibility index (Phi) is 5.84. The number of carbonyl (C=O) groups excluding carboxylic acids is 1. The van der Waals surface area contributed by atoms with E-state index in [1.807, 2.05) is 19.2 Å². The highest BCUT2D eigenvalue weighted by Crippen LogP contribution is 2.04. The smallest absolute Gasteiger partial charge is 0.317 e. The molecule has 2 N–H and O–H groups in total. The van der Waals surface area contributed by atoms with Crippen molar-refractivity contribution in [2.45, 2.75) is 32.9 Å². The average molecular weight is 268 g/mol. The molecular weight excluding hydrogens is 248 g/mol. The molecule has 0 aliphatic rings. The Hall–Kier alpha value is -2.05. The van der Waals surface area contributed by atoms with Crippen molar-refractivity contribution >= 4 is 12.0 Å². The van der Waals surface area contributed by atoms with Crippen molar-refractivity contribution in [2.75, 3.05) is 13.1 Å². The second-order valence-electron chi connectivity index (χ2n) is 4.23. The molecule has 0 aromatic carbocycles. The lowest BCUT2D eigenvalue weighted by Crippen LogP contribution is -2.46. The minimum Gasteiger partial charge on any atom is -0.481 e. The van der Waals surface area contributed by atoms with E-state index in [0.717, 1.165) is 0 Å². The maximum absolute atomic E-state index is 11.9. The van der Waals surface area contributed by atoms with Crippen molar-refractivity contribution in [3.63, 3.8) is 0 Å². The van der Waals surface area contributed by atoms with Gasteiger partial charge in [0.15, 0.2) is 0 Å². The van der Waals surface area contributed by atoms with E-state index in [-0.39, 0.29) is 18.5 Å². The van der Waals surface area contributed by atoms with Crippen molar-refractivity contribution in [2.24, 2.45) is 0 Å². The number of hydrogen-bond acceptors (Lipinski definition) is 3. The van der Waals surface area contributed by atoms with E-state index >= 15 is 0 Å². The summed E-state index contributed by atoms with van der Waals surface area (Å²) in [5.41, 5.74) is 0. The lowest BCUT2D eigenvalue weighted by Gasteiger charge is -2.27. The van der Waals surface area contributed by atoms with Crippen LogP contribution in [-0.4, -0.2) is 50.9 Å². The summed E-state index contributed by atoms with van der Waals surface area (Å²) in [5.74, 6) is -0.907. The van der Waals surface area contributed by atoms with Crippen LogP contribution in [0.4, 0.5) is 4.79 Å². The van der Waals surface area contributed by atoms with Gasteiger partial charge in [0.2, 0.25) is 0 Å². The molecule has 0 aliphatic carbocycles. The van der Waals surface area contributed by atoms with E-state index in [9.17, 15) is 9.59 Å². The summed E-state index contributed by atoms with van der Waals surface area (Å²) in [7, 11) is 0. The summed E-state index contributed by atoms with van der Waals surface area (Å²) in [6, 6.07) is 1.24. The Morgan fingerprint density at radius 2 is 2.26 bits per heavy atom. The fourth-order valence-corrected chi connectivity index (χ4v) is 1.83. The van der Waals surface area contributed by atoms with Gasteiger partial charge in [-0.2, -0.15) is 5.10 Å². The van der Waals surface area contributed by atoms with Crippen molar-refractivity contribution in [3.05, 3.63) is 18.5 Å². The second-order valence-corrected chi connectivity index (χ2v) is 4.23. The number of rotatable bonds is 7. The molecule has 0 spiro atoms. The summed E-state index contributed by atoms with van der Waals surface area (Å²) in [6.07, 6.45) is 3.44. The number of aromatic nitrogens is 2. The number of carboxylic acid groups (broad SMARTS) is 1. The van der Waals surface area contributed by atoms with Gasteiger partial charge in [-0.15, -0.1) is 0 Å². The van der Waals surface area contributed by atoms with Gasteiger partial charge in [0.1, 0.15) is 0 Å². The molecule has 0 aliphatic heterocycles. The molecule has 19 heavy (non-hydrogen) atoms. The highest BCUT2D eigenvalue weighted by molar-refractivity contribution is 5.75. The highest BCUT2D eigenvalue weighted by Gasteiger charge is 2.20. The summed E-state index contributed by atoms with van der Waals surface area (Å²) >= 11 is 0. The number of urea groups is 1. The second kappa shape index (κ2) is 7.40. The highest BCUT2D eigenvalue weighted by atomic mass is 16.4. The van der Waals surface area contributed by atoms with Gasteiger partial charge in [0.05, 0.1) is 13.0 Å². The average Bonchev–Trinajstić information content (AvgIpc) is 2.82. The first-order chi connectivity index (χ1) is 9.04. The zero-order valence-corrected chi connectivity index (χ0v) is 11.2. The van der Waals surface area contributed by atoms with Gasteiger partial charge in [-0.25, -0.2) is 4.79 Å². The normalized spacial score (nSPS) is 11.9. The molecule has 1 aromatic heterocycles. The SMILES string of the molecule is CCN(C(=O)NCCn1cccn1)C(C)CC(=O)O. The first-order valence-corrected chi connectivity index (χ1v) is 6.28. The quantitative estimate of drug-likeness (QED) is 0.765. The van der Waals surface area contributed by atoms with Gasteiger partial charge < -0.3 is 15.3 Å². The third-order valence-electron chi connectivity index (χ3n) is 2.78. The Morgan fingerprint density at radius 1 is 1.53 bits per heavy atom. The lowest BCUT2D eigenvalue weighted by molar-refractivity contribution is -0.138. The maximum atomic E-state index is 11.9. The molecule has 0 radical (unpaired) electrons. The van der Waals surface area contributed by atoms with Gasteiger partial charge in [-0.05, 0) is 19.9 Å². The van der Waals surface area contributed by atoms with Crippen LogP contribution in [0.2, 0.25) is 0 Å². The van der Waals surface area contributed by atoms with E-state index in [1.165, 1.54) is 4.90 Å². The van der Waals surface area contributed by atoms with Crippen LogP contribution in [0, 0.1) is 0 Å². The molecule has 0 saturated heterocycles. The van der Waals surface area contributed by atoms with Crippen LogP contribution in [-0.2, 0) is 11.3 Å².